The molecule has 1 fully saturated rings. The van der Waals surface area contributed by atoms with Gasteiger partial charge in [0, 0.05) is 5.92 Å². The molecular formula is C19H26FNO2. The number of hydrogen-bond donors (Lipinski definition) is 1. The molecule has 1 atom stereocenters. The van der Waals surface area contributed by atoms with Gasteiger partial charge in [-0.2, -0.15) is 0 Å². The molecule has 4 heteroatoms. The molecule has 1 aromatic carbocycles. The summed E-state index contributed by atoms with van der Waals surface area (Å²) in [5.41, 5.74) is 0.449. The van der Waals surface area contributed by atoms with E-state index in [1.807, 2.05) is 13.8 Å². The van der Waals surface area contributed by atoms with Gasteiger partial charge in [0.1, 0.15) is 5.82 Å². The Morgan fingerprint density at radius 3 is 2.43 bits per heavy atom. The number of carbonyl (C=O) groups excluding carboxylic acids is 2. The average Bonchev–Trinajstić information content (AvgIpc) is 2.55. The van der Waals surface area contributed by atoms with Gasteiger partial charge in [0.25, 0.3) is 5.91 Å². The van der Waals surface area contributed by atoms with Crippen LogP contribution in [-0.2, 0) is 4.79 Å². The molecule has 2 rings (SSSR count). The van der Waals surface area contributed by atoms with Crippen molar-refractivity contribution in [2.45, 2.75) is 58.9 Å². The third-order valence-electron chi connectivity index (χ3n) is 4.72. The van der Waals surface area contributed by atoms with E-state index < -0.39 is 17.8 Å². The second kappa shape index (κ2) is 7.71. The first kappa shape index (κ1) is 17.6. The molecule has 0 aliphatic heterocycles. The van der Waals surface area contributed by atoms with Crippen molar-refractivity contribution in [3.05, 3.63) is 35.1 Å². The van der Waals surface area contributed by atoms with Crippen molar-refractivity contribution in [3.63, 3.8) is 0 Å². The van der Waals surface area contributed by atoms with Crippen LogP contribution in [0.1, 0.15) is 61.9 Å². The van der Waals surface area contributed by atoms with Crippen molar-refractivity contribution in [2.24, 2.45) is 11.8 Å². The molecule has 0 unspecified atom stereocenters. The number of benzene rings is 1. The van der Waals surface area contributed by atoms with Gasteiger partial charge in [-0.15, -0.1) is 0 Å². The number of aryl methyl sites for hydroxylation is 1. The van der Waals surface area contributed by atoms with Crippen molar-refractivity contribution < 1.29 is 14.0 Å². The Bertz CT molecular complexity index is 577. The van der Waals surface area contributed by atoms with Crippen LogP contribution in [0.25, 0.3) is 0 Å². The zero-order chi connectivity index (χ0) is 17.0. The molecule has 1 aliphatic carbocycles. The normalized spacial score (nSPS) is 17.1. The van der Waals surface area contributed by atoms with Crippen LogP contribution >= 0.6 is 0 Å². The number of hydrogen-bond acceptors (Lipinski definition) is 2. The number of amides is 1. The lowest BCUT2D eigenvalue weighted by molar-refractivity contribution is -0.125. The maximum absolute atomic E-state index is 14.2. The van der Waals surface area contributed by atoms with Crippen molar-refractivity contribution in [2.75, 3.05) is 0 Å². The molecule has 1 saturated carbocycles. The summed E-state index contributed by atoms with van der Waals surface area (Å²) in [7, 11) is 0. The summed E-state index contributed by atoms with van der Waals surface area (Å²) in [4.78, 5) is 25.0. The molecule has 126 valence electrons. The van der Waals surface area contributed by atoms with Crippen LogP contribution in [0.5, 0.6) is 0 Å². The van der Waals surface area contributed by atoms with E-state index in [0.29, 0.717) is 5.56 Å². The molecule has 0 saturated heterocycles. The van der Waals surface area contributed by atoms with E-state index in [2.05, 4.69) is 5.32 Å². The lowest BCUT2D eigenvalue weighted by Crippen LogP contribution is -2.48. The van der Waals surface area contributed by atoms with Gasteiger partial charge in [0.05, 0.1) is 11.6 Å². The van der Waals surface area contributed by atoms with E-state index in [-0.39, 0.29) is 23.2 Å². The molecule has 1 amide bonds. The van der Waals surface area contributed by atoms with Crippen LogP contribution in [0.4, 0.5) is 4.39 Å². The average molecular weight is 319 g/mol. The number of halogens is 1. The van der Waals surface area contributed by atoms with Crippen LogP contribution < -0.4 is 5.32 Å². The number of ketones is 1. The topological polar surface area (TPSA) is 46.2 Å². The van der Waals surface area contributed by atoms with Gasteiger partial charge in [0.15, 0.2) is 5.78 Å². The maximum Gasteiger partial charge on any atom is 0.254 e. The summed E-state index contributed by atoms with van der Waals surface area (Å²) in [5, 5.41) is 2.82. The summed E-state index contributed by atoms with van der Waals surface area (Å²) >= 11 is 0. The number of Topliss-reactive ketones (excluding diaryl/α,β-unsaturated/α-hetero) is 1. The van der Waals surface area contributed by atoms with E-state index in [9.17, 15) is 14.0 Å². The standard InChI is InChI=1S/C19H26FNO2/c1-12(2)18(22)17(14-9-5-4-6-10-14)21-19(23)15-11-7-8-13(3)16(15)20/h7-8,11-12,14,17H,4-6,9-10H2,1-3H3,(H,21,23)/t17-/m1/s1. The van der Waals surface area contributed by atoms with E-state index in [1.54, 1.807) is 19.1 Å². The van der Waals surface area contributed by atoms with Gasteiger partial charge in [0.2, 0.25) is 0 Å². The first-order valence-electron chi connectivity index (χ1n) is 8.51. The van der Waals surface area contributed by atoms with Crippen molar-refractivity contribution in [1.29, 1.82) is 0 Å². The van der Waals surface area contributed by atoms with E-state index in [0.717, 1.165) is 25.7 Å². The lowest BCUT2D eigenvalue weighted by atomic mass is 9.80. The maximum atomic E-state index is 14.2. The largest absolute Gasteiger partial charge is 0.342 e. The zero-order valence-corrected chi connectivity index (χ0v) is 14.2. The molecule has 0 bridgehead atoms. The molecular weight excluding hydrogens is 293 g/mol. The van der Waals surface area contributed by atoms with Gasteiger partial charge in [-0.1, -0.05) is 45.2 Å². The smallest absolute Gasteiger partial charge is 0.254 e. The molecule has 0 spiro atoms. The second-order valence-electron chi connectivity index (χ2n) is 6.84. The van der Waals surface area contributed by atoms with Gasteiger partial charge < -0.3 is 5.32 Å². The fourth-order valence-corrected chi connectivity index (χ4v) is 3.29. The molecule has 1 aromatic rings. The van der Waals surface area contributed by atoms with E-state index in [4.69, 9.17) is 0 Å². The lowest BCUT2D eigenvalue weighted by Gasteiger charge is -2.31. The Balaban J connectivity index is 2.20. The minimum absolute atomic E-state index is 0.0161. The summed E-state index contributed by atoms with van der Waals surface area (Å²) in [6, 6.07) is 4.25. The number of nitrogens with one attached hydrogen (secondary N) is 1. The Hall–Kier alpha value is -1.71. The monoisotopic (exact) mass is 319 g/mol. The fourth-order valence-electron chi connectivity index (χ4n) is 3.29. The Morgan fingerprint density at radius 2 is 1.83 bits per heavy atom. The predicted molar refractivity (Wildman–Crippen MR) is 88.8 cm³/mol. The van der Waals surface area contributed by atoms with Crippen LogP contribution in [0.2, 0.25) is 0 Å². The molecule has 3 nitrogen and oxygen atoms in total. The highest BCUT2D eigenvalue weighted by Gasteiger charge is 2.32. The summed E-state index contributed by atoms with van der Waals surface area (Å²) < 4.78 is 14.2. The summed E-state index contributed by atoms with van der Waals surface area (Å²) in [6.45, 7) is 5.32. The highest BCUT2D eigenvalue weighted by atomic mass is 19.1. The molecule has 0 aromatic heterocycles. The van der Waals surface area contributed by atoms with Crippen molar-refractivity contribution >= 4 is 11.7 Å². The van der Waals surface area contributed by atoms with Crippen LogP contribution in [0, 0.1) is 24.6 Å². The van der Waals surface area contributed by atoms with E-state index in [1.165, 1.54) is 12.5 Å². The Labute approximate surface area is 137 Å². The van der Waals surface area contributed by atoms with E-state index >= 15 is 0 Å². The number of carbonyl (C=O) groups is 2. The SMILES string of the molecule is Cc1cccc(C(=O)N[C@@H](C(=O)C(C)C)C2CCCCC2)c1F. The molecule has 0 radical (unpaired) electrons. The Kier molecular flexibility index (Phi) is 5.91. The summed E-state index contributed by atoms with van der Waals surface area (Å²) in [6.07, 6.45) is 5.24. The quantitative estimate of drug-likeness (QED) is 0.890. The highest BCUT2D eigenvalue weighted by Crippen LogP contribution is 2.28. The van der Waals surface area contributed by atoms with Gasteiger partial charge >= 0.3 is 0 Å². The van der Waals surface area contributed by atoms with Gasteiger partial charge in [-0.3, -0.25) is 9.59 Å². The third kappa shape index (κ3) is 4.18. The third-order valence-corrected chi connectivity index (χ3v) is 4.72. The fraction of sp³-hybridized carbons (Fsp3) is 0.579. The van der Waals surface area contributed by atoms with Crippen molar-refractivity contribution in [3.8, 4) is 0 Å². The molecule has 1 aliphatic rings. The van der Waals surface area contributed by atoms with Gasteiger partial charge in [-0.25, -0.2) is 4.39 Å². The van der Waals surface area contributed by atoms with Crippen LogP contribution in [0.3, 0.4) is 0 Å². The minimum Gasteiger partial charge on any atom is -0.342 e. The first-order valence-corrected chi connectivity index (χ1v) is 8.51. The molecule has 1 N–H and O–H groups in total. The van der Waals surface area contributed by atoms with Crippen LogP contribution in [-0.4, -0.2) is 17.7 Å². The first-order chi connectivity index (χ1) is 10.9. The zero-order valence-electron chi connectivity index (χ0n) is 14.2. The minimum atomic E-state index is -0.511. The van der Waals surface area contributed by atoms with Gasteiger partial charge in [-0.05, 0) is 37.3 Å². The summed E-state index contributed by atoms with van der Waals surface area (Å²) in [5.74, 6) is -0.946. The highest BCUT2D eigenvalue weighted by molar-refractivity contribution is 5.98. The Morgan fingerprint density at radius 1 is 1.17 bits per heavy atom. The van der Waals surface area contributed by atoms with Crippen LogP contribution in [0.15, 0.2) is 18.2 Å². The molecule has 0 heterocycles. The molecule has 23 heavy (non-hydrogen) atoms. The number of rotatable bonds is 5. The predicted octanol–water partition coefficient (Wildman–Crippen LogP) is 4.04. The second-order valence-corrected chi connectivity index (χ2v) is 6.84. The van der Waals surface area contributed by atoms with Crippen molar-refractivity contribution in [1.82, 2.24) is 5.32 Å².